The van der Waals surface area contributed by atoms with Crippen molar-refractivity contribution >= 4 is 16.6 Å². The van der Waals surface area contributed by atoms with Crippen LogP contribution in [0.5, 0.6) is 0 Å². The van der Waals surface area contributed by atoms with Crippen LogP contribution in [0.15, 0.2) is 48.9 Å². The largest absolute Gasteiger partial charge is 0.282 e. The zero-order chi connectivity index (χ0) is 15.3. The van der Waals surface area contributed by atoms with Crippen molar-refractivity contribution in [2.45, 2.75) is 20.8 Å². The number of benzene rings is 2. The molecule has 0 aliphatic rings. The highest BCUT2D eigenvalue weighted by Gasteiger charge is 2.13. The molecule has 0 radical (unpaired) electrons. The van der Waals surface area contributed by atoms with E-state index in [0.29, 0.717) is 0 Å². The number of nitrogens with zero attached hydrogens (tertiary/aromatic N) is 3. The van der Waals surface area contributed by atoms with Gasteiger partial charge in [-0.15, -0.1) is 0 Å². The van der Waals surface area contributed by atoms with Gasteiger partial charge in [-0.3, -0.25) is 4.40 Å². The summed E-state index contributed by atoms with van der Waals surface area (Å²) in [6.07, 6.45) is 3.83. The van der Waals surface area contributed by atoms with Gasteiger partial charge < -0.3 is 0 Å². The number of para-hydroxylation sites is 1. The van der Waals surface area contributed by atoms with Crippen molar-refractivity contribution in [2.24, 2.45) is 0 Å². The van der Waals surface area contributed by atoms with Crippen LogP contribution in [0.2, 0.25) is 0 Å². The molecule has 0 amide bonds. The Morgan fingerprint density at radius 1 is 0.909 bits per heavy atom. The third kappa shape index (κ3) is 1.82. The van der Waals surface area contributed by atoms with E-state index in [1.165, 1.54) is 22.3 Å². The number of hydrogen-bond acceptors (Lipinski definition) is 2. The number of fused-ring (bicyclic) bond motifs is 3. The van der Waals surface area contributed by atoms with E-state index in [4.69, 9.17) is 0 Å². The van der Waals surface area contributed by atoms with Gasteiger partial charge in [0.15, 0.2) is 0 Å². The SMILES string of the molecule is Cc1cc(C)c(-c2cnc3c4ccccc4ncn23)c(C)c1. The zero-order valence-corrected chi connectivity index (χ0v) is 13.0. The van der Waals surface area contributed by atoms with Gasteiger partial charge >= 0.3 is 0 Å². The fraction of sp³-hybridized carbons (Fsp3) is 0.158. The standard InChI is InChI=1S/C19H17N3/c1-12-8-13(2)18(14(3)9-12)17-10-20-19-15-6-4-5-7-16(15)21-11-22(17)19/h4-11H,1-3H3. The van der Waals surface area contributed by atoms with Crippen LogP contribution in [0.25, 0.3) is 27.8 Å². The highest BCUT2D eigenvalue weighted by Crippen LogP contribution is 2.30. The van der Waals surface area contributed by atoms with Gasteiger partial charge in [0.25, 0.3) is 0 Å². The maximum Gasteiger partial charge on any atom is 0.147 e. The summed E-state index contributed by atoms with van der Waals surface area (Å²) in [5, 5.41) is 1.08. The van der Waals surface area contributed by atoms with E-state index in [1.807, 2.05) is 30.7 Å². The Morgan fingerprint density at radius 2 is 1.64 bits per heavy atom. The molecule has 0 fully saturated rings. The Hall–Kier alpha value is -2.68. The van der Waals surface area contributed by atoms with Crippen molar-refractivity contribution in [3.8, 4) is 11.3 Å². The van der Waals surface area contributed by atoms with Gasteiger partial charge in [-0.05, 0) is 44.0 Å². The molecule has 4 rings (SSSR count). The predicted octanol–water partition coefficient (Wildman–Crippen LogP) is 4.47. The molecular formula is C19H17N3. The van der Waals surface area contributed by atoms with Crippen molar-refractivity contribution < 1.29 is 0 Å². The average molecular weight is 287 g/mol. The number of aromatic nitrogens is 3. The highest BCUT2D eigenvalue weighted by molar-refractivity contribution is 5.92. The van der Waals surface area contributed by atoms with E-state index < -0.39 is 0 Å². The fourth-order valence-corrected chi connectivity index (χ4v) is 3.34. The van der Waals surface area contributed by atoms with Crippen molar-refractivity contribution in [3.63, 3.8) is 0 Å². The van der Waals surface area contributed by atoms with Gasteiger partial charge in [0, 0.05) is 10.9 Å². The van der Waals surface area contributed by atoms with E-state index in [2.05, 4.69) is 53.3 Å². The Bertz CT molecular complexity index is 989. The van der Waals surface area contributed by atoms with Gasteiger partial charge in [0.2, 0.25) is 0 Å². The molecule has 4 aromatic rings. The lowest BCUT2D eigenvalue weighted by atomic mass is 9.98. The van der Waals surface area contributed by atoms with E-state index in [-0.39, 0.29) is 0 Å². The molecule has 0 aliphatic carbocycles. The molecular weight excluding hydrogens is 270 g/mol. The first-order valence-electron chi connectivity index (χ1n) is 7.44. The lowest BCUT2D eigenvalue weighted by molar-refractivity contribution is 1.12. The van der Waals surface area contributed by atoms with E-state index in [0.717, 1.165) is 22.2 Å². The smallest absolute Gasteiger partial charge is 0.147 e. The van der Waals surface area contributed by atoms with Gasteiger partial charge in [0.1, 0.15) is 12.0 Å². The number of rotatable bonds is 1. The summed E-state index contributed by atoms with van der Waals surface area (Å²) in [6.45, 7) is 6.44. The van der Waals surface area contributed by atoms with Crippen LogP contribution in [-0.4, -0.2) is 14.4 Å². The van der Waals surface area contributed by atoms with Gasteiger partial charge in [0.05, 0.1) is 17.4 Å². The Labute approximate surface area is 129 Å². The minimum absolute atomic E-state index is 0.958. The van der Waals surface area contributed by atoms with Crippen molar-refractivity contribution in [3.05, 3.63) is 65.6 Å². The zero-order valence-electron chi connectivity index (χ0n) is 13.0. The molecule has 2 aromatic heterocycles. The quantitative estimate of drug-likeness (QED) is 0.517. The summed E-state index contributed by atoms with van der Waals surface area (Å²) < 4.78 is 2.09. The summed E-state index contributed by atoms with van der Waals surface area (Å²) in [5.74, 6) is 0. The summed E-state index contributed by atoms with van der Waals surface area (Å²) in [6, 6.07) is 12.6. The molecule has 2 heterocycles. The Morgan fingerprint density at radius 3 is 2.41 bits per heavy atom. The first-order valence-corrected chi connectivity index (χ1v) is 7.44. The van der Waals surface area contributed by atoms with Gasteiger partial charge in [-0.2, -0.15) is 0 Å². The minimum atomic E-state index is 0.958. The first kappa shape index (κ1) is 13.0. The third-order valence-corrected chi connectivity index (χ3v) is 4.19. The normalized spacial score (nSPS) is 11.4. The maximum atomic E-state index is 4.65. The van der Waals surface area contributed by atoms with E-state index in [1.54, 1.807) is 0 Å². The molecule has 2 aromatic carbocycles. The van der Waals surface area contributed by atoms with Gasteiger partial charge in [-0.25, -0.2) is 9.97 Å². The second-order valence-electron chi connectivity index (χ2n) is 5.87. The molecule has 0 saturated carbocycles. The van der Waals surface area contributed by atoms with E-state index in [9.17, 15) is 0 Å². The number of imidazole rings is 1. The van der Waals surface area contributed by atoms with Crippen LogP contribution in [0.1, 0.15) is 16.7 Å². The van der Waals surface area contributed by atoms with Gasteiger partial charge in [-0.1, -0.05) is 29.8 Å². The molecule has 22 heavy (non-hydrogen) atoms. The second kappa shape index (κ2) is 4.67. The fourth-order valence-electron chi connectivity index (χ4n) is 3.34. The summed E-state index contributed by atoms with van der Waals surface area (Å²) in [4.78, 5) is 9.22. The molecule has 0 atom stereocenters. The maximum absolute atomic E-state index is 4.65. The highest BCUT2D eigenvalue weighted by atomic mass is 15.0. The van der Waals surface area contributed by atoms with Crippen LogP contribution in [0.3, 0.4) is 0 Å². The van der Waals surface area contributed by atoms with E-state index >= 15 is 0 Å². The van der Waals surface area contributed by atoms with Crippen LogP contribution in [0.4, 0.5) is 0 Å². The molecule has 0 spiro atoms. The summed E-state index contributed by atoms with van der Waals surface area (Å²) in [7, 11) is 0. The Balaban J connectivity index is 2.07. The van der Waals surface area contributed by atoms with Crippen LogP contribution in [0, 0.1) is 20.8 Å². The first-order chi connectivity index (χ1) is 10.6. The lowest BCUT2D eigenvalue weighted by Gasteiger charge is -2.11. The Kier molecular flexibility index (Phi) is 2.76. The van der Waals surface area contributed by atoms with Crippen LogP contribution < -0.4 is 0 Å². The molecule has 0 saturated heterocycles. The predicted molar refractivity (Wildman–Crippen MR) is 90.1 cm³/mol. The summed E-state index contributed by atoms with van der Waals surface area (Å²) in [5.41, 5.74) is 8.11. The topological polar surface area (TPSA) is 30.2 Å². The lowest BCUT2D eigenvalue weighted by Crippen LogP contribution is -1.96. The summed E-state index contributed by atoms with van der Waals surface area (Å²) >= 11 is 0. The van der Waals surface area contributed by atoms with Crippen LogP contribution in [-0.2, 0) is 0 Å². The number of hydrogen-bond donors (Lipinski definition) is 0. The van der Waals surface area contributed by atoms with Crippen molar-refractivity contribution in [2.75, 3.05) is 0 Å². The second-order valence-corrected chi connectivity index (χ2v) is 5.87. The van der Waals surface area contributed by atoms with Crippen molar-refractivity contribution in [1.82, 2.24) is 14.4 Å². The van der Waals surface area contributed by atoms with Crippen LogP contribution >= 0.6 is 0 Å². The van der Waals surface area contributed by atoms with Crippen molar-refractivity contribution in [1.29, 1.82) is 0 Å². The molecule has 3 nitrogen and oxygen atoms in total. The number of aryl methyl sites for hydroxylation is 3. The molecule has 0 bridgehead atoms. The monoisotopic (exact) mass is 287 g/mol. The molecule has 3 heteroatoms. The molecule has 0 unspecified atom stereocenters. The molecule has 0 aliphatic heterocycles. The molecule has 0 N–H and O–H groups in total. The average Bonchev–Trinajstić information content (AvgIpc) is 2.90. The minimum Gasteiger partial charge on any atom is -0.282 e. The third-order valence-electron chi connectivity index (χ3n) is 4.19. The molecule has 108 valence electrons.